The second-order valence-electron chi connectivity index (χ2n) is 10.2. The molecule has 1 aliphatic rings. The molecule has 0 unspecified atom stereocenters. The Morgan fingerprint density at radius 2 is 1.97 bits per heavy atom. The molecule has 1 aromatic heterocycles. The average molecular weight is 535 g/mol. The van der Waals surface area contributed by atoms with E-state index in [2.05, 4.69) is 38.3 Å². The summed E-state index contributed by atoms with van der Waals surface area (Å²) < 4.78 is 11.6. The fourth-order valence-electron chi connectivity index (χ4n) is 4.92. The fraction of sp³-hybridized carbons (Fsp3) is 0.419. The lowest BCUT2D eigenvalue weighted by Crippen LogP contribution is -2.48. The summed E-state index contributed by atoms with van der Waals surface area (Å²) in [5.74, 6) is 1.50. The summed E-state index contributed by atoms with van der Waals surface area (Å²) in [6.45, 7) is 9.83. The number of nitrogens with zero attached hydrogens (tertiary/aromatic N) is 2. The van der Waals surface area contributed by atoms with Crippen molar-refractivity contribution in [3.8, 4) is 11.5 Å². The summed E-state index contributed by atoms with van der Waals surface area (Å²) in [6, 6.07) is 15.2. The van der Waals surface area contributed by atoms with Crippen LogP contribution in [0.2, 0.25) is 0 Å². The number of rotatable bonds is 10. The molecule has 0 bridgehead atoms. The molecule has 0 saturated heterocycles. The molecule has 0 aliphatic carbocycles. The minimum atomic E-state index is -0.199. The van der Waals surface area contributed by atoms with E-state index < -0.39 is 0 Å². The third-order valence-corrected chi connectivity index (χ3v) is 8.30. The summed E-state index contributed by atoms with van der Waals surface area (Å²) in [6.07, 6.45) is 1.73. The second-order valence-corrected chi connectivity index (χ2v) is 11.2. The zero-order chi connectivity index (χ0) is 27.2. The fourth-order valence-corrected chi connectivity index (χ4v) is 5.85. The molecular formula is C31H38N2O4S. The lowest BCUT2D eigenvalue weighted by molar-refractivity contribution is -0.135. The minimum absolute atomic E-state index is 0.0277. The lowest BCUT2D eigenvalue weighted by Gasteiger charge is -2.37. The number of amides is 2. The van der Waals surface area contributed by atoms with Gasteiger partial charge in [-0.25, -0.2) is 0 Å². The van der Waals surface area contributed by atoms with Crippen molar-refractivity contribution in [2.45, 2.75) is 46.6 Å². The van der Waals surface area contributed by atoms with Crippen LogP contribution in [0.5, 0.6) is 11.5 Å². The van der Waals surface area contributed by atoms with Crippen LogP contribution in [0.1, 0.15) is 58.2 Å². The van der Waals surface area contributed by atoms with Crippen molar-refractivity contribution in [2.75, 3.05) is 33.4 Å². The monoisotopic (exact) mass is 534 g/mol. The van der Waals surface area contributed by atoms with E-state index in [1.165, 1.54) is 10.4 Å². The number of methoxy groups -OCH3 is 1. The number of hydrogen-bond acceptors (Lipinski definition) is 5. The highest BCUT2D eigenvalue weighted by Gasteiger charge is 2.34. The van der Waals surface area contributed by atoms with Gasteiger partial charge in [-0.15, -0.1) is 11.3 Å². The molecular weight excluding hydrogens is 496 g/mol. The highest BCUT2D eigenvalue weighted by molar-refractivity contribution is 7.10. The minimum Gasteiger partial charge on any atom is -0.497 e. The van der Waals surface area contributed by atoms with Crippen molar-refractivity contribution >= 4 is 23.2 Å². The number of carbonyl (C=O) groups is 2. The van der Waals surface area contributed by atoms with Crippen molar-refractivity contribution < 1.29 is 19.1 Å². The van der Waals surface area contributed by atoms with Gasteiger partial charge in [0.15, 0.2) is 0 Å². The molecule has 1 aliphatic heterocycles. The zero-order valence-electron chi connectivity index (χ0n) is 23.0. The first kappa shape index (κ1) is 27.7. The Bertz CT molecular complexity index is 1270. The Kier molecular flexibility index (Phi) is 9.10. The molecule has 38 heavy (non-hydrogen) atoms. The normalized spacial score (nSPS) is 15.5. The van der Waals surface area contributed by atoms with Gasteiger partial charge in [-0.2, -0.15) is 0 Å². The van der Waals surface area contributed by atoms with E-state index >= 15 is 0 Å². The molecule has 2 atom stereocenters. The second kappa shape index (κ2) is 12.5. The van der Waals surface area contributed by atoms with Crippen LogP contribution in [0.15, 0.2) is 53.9 Å². The van der Waals surface area contributed by atoms with Gasteiger partial charge in [0, 0.05) is 23.5 Å². The standard InChI is InChI=1S/C31H38N2O4S/c1-6-21(2)18-32(31(35)24-8-7-9-25(17-24)36-5)19-30(34)33-14-12-29-26(13-15-38-29)27(33)20-37-28-11-10-22(3)16-23(28)4/h7-11,13,15-17,21,27H,6,12,14,18-20H2,1-5H3/t21-,27-/m1/s1. The van der Waals surface area contributed by atoms with E-state index in [1.54, 1.807) is 41.5 Å². The highest BCUT2D eigenvalue weighted by atomic mass is 32.1. The van der Waals surface area contributed by atoms with Crippen molar-refractivity contribution in [2.24, 2.45) is 5.92 Å². The first-order valence-corrected chi connectivity index (χ1v) is 14.2. The van der Waals surface area contributed by atoms with Crippen molar-refractivity contribution in [3.63, 3.8) is 0 Å². The molecule has 6 nitrogen and oxygen atoms in total. The van der Waals surface area contributed by atoms with E-state index in [4.69, 9.17) is 9.47 Å². The Hall–Kier alpha value is -3.32. The van der Waals surface area contributed by atoms with Gasteiger partial charge in [-0.1, -0.05) is 44.0 Å². The first-order valence-electron chi connectivity index (χ1n) is 13.3. The molecule has 2 heterocycles. The van der Waals surface area contributed by atoms with Gasteiger partial charge in [0.2, 0.25) is 5.91 Å². The van der Waals surface area contributed by atoms with Crippen LogP contribution in [0, 0.1) is 19.8 Å². The third kappa shape index (κ3) is 6.38. The quantitative estimate of drug-likeness (QED) is 0.317. The maximum atomic E-state index is 13.9. The first-order chi connectivity index (χ1) is 18.3. The van der Waals surface area contributed by atoms with Crippen LogP contribution in [0.4, 0.5) is 0 Å². The van der Waals surface area contributed by atoms with Gasteiger partial charge in [0.05, 0.1) is 13.2 Å². The van der Waals surface area contributed by atoms with Crippen LogP contribution in [-0.4, -0.2) is 55.0 Å². The maximum absolute atomic E-state index is 13.9. The number of benzene rings is 2. The van der Waals surface area contributed by atoms with Crippen LogP contribution in [0.3, 0.4) is 0 Å². The Morgan fingerprint density at radius 1 is 1.16 bits per heavy atom. The SMILES string of the molecule is CC[C@@H](C)CN(CC(=O)N1CCc2sccc2[C@H]1COc1ccc(C)cc1C)C(=O)c1cccc(OC)c1. The molecule has 0 N–H and O–H groups in total. The number of carbonyl (C=O) groups excluding carboxylic acids is 2. The number of ether oxygens (including phenoxy) is 2. The van der Waals surface area contributed by atoms with E-state index in [0.717, 1.165) is 29.7 Å². The molecule has 4 rings (SSSR count). The van der Waals surface area contributed by atoms with E-state index in [1.807, 2.05) is 30.0 Å². The summed E-state index contributed by atoms with van der Waals surface area (Å²) in [4.78, 5) is 32.3. The number of fused-ring (bicyclic) bond motifs is 1. The predicted octanol–water partition coefficient (Wildman–Crippen LogP) is 6.07. The smallest absolute Gasteiger partial charge is 0.254 e. The number of hydrogen-bond donors (Lipinski definition) is 0. The van der Waals surface area contributed by atoms with Gasteiger partial charge in [-0.3, -0.25) is 9.59 Å². The van der Waals surface area contributed by atoms with Crippen molar-refractivity contribution in [1.82, 2.24) is 9.80 Å². The van der Waals surface area contributed by atoms with Crippen LogP contribution in [0.25, 0.3) is 0 Å². The van der Waals surface area contributed by atoms with Gasteiger partial charge in [0.25, 0.3) is 5.91 Å². The van der Waals surface area contributed by atoms with E-state index in [0.29, 0.717) is 31.0 Å². The van der Waals surface area contributed by atoms with E-state index in [9.17, 15) is 9.59 Å². The van der Waals surface area contributed by atoms with Crippen LogP contribution in [-0.2, 0) is 11.2 Å². The topological polar surface area (TPSA) is 59.1 Å². The molecule has 7 heteroatoms. The van der Waals surface area contributed by atoms with Crippen LogP contribution < -0.4 is 9.47 Å². The van der Waals surface area contributed by atoms with Crippen LogP contribution >= 0.6 is 11.3 Å². The summed E-state index contributed by atoms with van der Waals surface area (Å²) in [5, 5.41) is 2.09. The molecule has 0 saturated carbocycles. The van der Waals surface area contributed by atoms with Gasteiger partial charge in [-0.05, 0) is 73.0 Å². The molecule has 2 amide bonds. The Morgan fingerprint density at radius 3 is 2.71 bits per heavy atom. The molecule has 3 aromatic rings. The number of aryl methyl sites for hydroxylation is 2. The molecule has 0 radical (unpaired) electrons. The van der Waals surface area contributed by atoms with Gasteiger partial charge < -0.3 is 19.3 Å². The molecule has 0 spiro atoms. The molecule has 2 aromatic carbocycles. The average Bonchev–Trinajstić information content (AvgIpc) is 3.41. The van der Waals surface area contributed by atoms with Gasteiger partial charge in [0.1, 0.15) is 24.7 Å². The largest absolute Gasteiger partial charge is 0.497 e. The summed E-state index contributed by atoms with van der Waals surface area (Å²) in [7, 11) is 1.58. The Labute approximate surface area is 230 Å². The summed E-state index contributed by atoms with van der Waals surface area (Å²) in [5.41, 5.74) is 3.93. The predicted molar refractivity (Wildman–Crippen MR) is 152 cm³/mol. The van der Waals surface area contributed by atoms with Gasteiger partial charge >= 0.3 is 0 Å². The number of thiophene rings is 1. The zero-order valence-corrected chi connectivity index (χ0v) is 23.8. The molecule has 0 fully saturated rings. The molecule has 202 valence electrons. The third-order valence-electron chi connectivity index (χ3n) is 7.30. The Balaban J connectivity index is 1.56. The van der Waals surface area contributed by atoms with Crippen molar-refractivity contribution in [1.29, 1.82) is 0 Å². The lowest BCUT2D eigenvalue weighted by atomic mass is 10.00. The van der Waals surface area contributed by atoms with Crippen molar-refractivity contribution in [3.05, 3.63) is 81.0 Å². The van der Waals surface area contributed by atoms with E-state index in [-0.39, 0.29) is 30.3 Å². The highest BCUT2D eigenvalue weighted by Crippen LogP contribution is 2.34. The maximum Gasteiger partial charge on any atom is 0.254 e. The summed E-state index contributed by atoms with van der Waals surface area (Å²) >= 11 is 1.73.